The number of nitrogens with zero attached hydrogens (tertiary/aromatic N) is 2. The number of pyridine rings is 2. The molecular formula is C25H23N5O6. The van der Waals surface area contributed by atoms with Gasteiger partial charge in [-0.1, -0.05) is 6.07 Å². The fourth-order valence-electron chi connectivity index (χ4n) is 3.36. The molecule has 0 aliphatic heterocycles. The number of ether oxygens (including phenoxy) is 3. The predicted molar refractivity (Wildman–Crippen MR) is 133 cm³/mol. The number of amides is 4. The Labute approximate surface area is 206 Å². The van der Waals surface area contributed by atoms with Crippen LogP contribution in [0.15, 0.2) is 60.8 Å². The van der Waals surface area contributed by atoms with E-state index in [1.54, 1.807) is 55.6 Å². The summed E-state index contributed by atoms with van der Waals surface area (Å²) in [7, 11) is 3.07. The molecular weight excluding hydrogens is 466 g/mol. The zero-order valence-electron chi connectivity index (χ0n) is 19.7. The number of nitrogens with one attached hydrogen (secondary N) is 3. The summed E-state index contributed by atoms with van der Waals surface area (Å²) in [4.78, 5) is 32.7. The number of aromatic hydroxyl groups is 1. The molecule has 4 rings (SSSR count). The molecule has 2 heterocycles. The minimum absolute atomic E-state index is 0.0762. The van der Waals surface area contributed by atoms with Gasteiger partial charge >= 0.3 is 12.1 Å². The largest absolute Gasteiger partial charge is 0.506 e. The van der Waals surface area contributed by atoms with Crippen LogP contribution in [-0.2, 0) is 0 Å². The minimum Gasteiger partial charge on any atom is -0.506 e. The quantitative estimate of drug-likeness (QED) is 0.283. The Bertz CT molecular complexity index is 1440. The van der Waals surface area contributed by atoms with Gasteiger partial charge in [0.25, 0.3) is 0 Å². The first-order chi connectivity index (χ1) is 17.4. The molecule has 0 radical (unpaired) electrons. The summed E-state index contributed by atoms with van der Waals surface area (Å²) in [6.07, 6.45) is 1.58. The second kappa shape index (κ2) is 10.5. The van der Waals surface area contributed by atoms with Crippen molar-refractivity contribution >= 4 is 34.5 Å². The molecule has 0 saturated carbocycles. The van der Waals surface area contributed by atoms with E-state index >= 15 is 0 Å². The van der Waals surface area contributed by atoms with E-state index in [2.05, 4.69) is 25.9 Å². The molecule has 11 heteroatoms. The van der Waals surface area contributed by atoms with Crippen LogP contribution in [0.25, 0.3) is 10.9 Å². The van der Waals surface area contributed by atoms with Crippen molar-refractivity contribution in [3.63, 3.8) is 0 Å². The van der Waals surface area contributed by atoms with Gasteiger partial charge in [0.1, 0.15) is 23.1 Å². The first-order valence-corrected chi connectivity index (χ1v) is 10.7. The van der Waals surface area contributed by atoms with Crippen molar-refractivity contribution in [2.75, 3.05) is 24.9 Å². The molecule has 4 N–H and O–H groups in total. The Kier molecular flexibility index (Phi) is 7.00. The highest BCUT2D eigenvalue weighted by molar-refractivity contribution is 6.05. The molecule has 11 nitrogen and oxygen atoms in total. The maximum atomic E-state index is 12.2. The number of hydrogen-bond donors (Lipinski definition) is 4. The van der Waals surface area contributed by atoms with Gasteiger partial charge in [0.05, 0.1) is 25.4 Å². The number of phenols is 1. The van der Waals surface area contributed by atoms with Gasteiger partial charge < -0.3 is 24.6 Å². The Morgan fingerprint density at radius 3 is 2.36 bits per heavy atom. The monoisotopic (exact) mass is 489 g/mol. The van der Waals surface area contributed by atoms with Gasteiger partial charge in [-0.15, -0.1) is 0 Å². The lowest BCUT2D eigenvalue weighted by Crippen LogP contribution is -2.37. The number of aryl methyl sites for hydroxylation is 1. The topological polar surface area (TPSA) is 144 Å². The Morgan fingerprint density at radius 2 is 1.64 bits per heavy atom. The van der Waals surface area contributed by atoms with Crippen LogP contribution in [0.1, 0.15) is 5.69 Å². The van der Waals surface area contributed by atoms with Gasteiger partial charge in [-0.25, -0.2) is 14.6 Å². The SMILES string of the molecule is COc1cc2nccc(Oc3ccc(NC(=O)NC(=O)Nc4cccc(C)n4)c(O)c3)c2cc1OC. The Balaban J connectivity index is 1.44. The molecule has 0 aliphatic rings. The van der Waals surface area contributed by atoms with E-state index in [1.807, 2.05) is 0 Å². The number of rotatable bonds is 6. The number of carbonyl (C=O) groups excluding carboxylic acids is 2. The predicted octanol–water partition coefficient (Wildman–Crippen LogP) is 4.81. The maximum absolute atomic E-state index is 12.2. The fourth-order valence-corrected chi connectivity index (χ4v) is 3.36. The molecule has 0 atom stereocenters. The summed E-state index contributed by atoms with van der Waals surface area (Å²) in [6, 6.07) is 12.9. The summed E-state index contributed by atoms with van der Waals surface area (Å²) >= 11 is 0. The van der Waals surface area contributed by atoms with Gasteiger partial charge in [0.15, 0.2) is 11.5 Å². The van der Waals surface area contributed by atoms with Gasteiger partial charge in [-0.3, -0.25) is 15.6 Å². The van der Waals surface area contributed by atoms with E-state index in [-0.39, 0.29) is 11.4 Å². The smallest absolute Gasteiger partial charge is 0.328 e. The average Bonchev–Trinajstić information content (AvgIpc) is 2.85. The molecule has 4 aromatic rings. The highest BCUT2D eigenvalue weighted by atomic mass is 16.5. The summed E-state index contributed by atoms with van der Waals surface area (Å²) in [5.41, 5.74) is 1.42. The third-order valence-electron chi connectivity index (χ3n) is 5.01. The lowest BCUT2D eigenvalue weighted by Gasteiger charge is -2.13. The van der Waals surface area contributed by atoms with E-state index in [0.717, 1.165) is 0 Å². The lowest BCUT2D eigenvalue weighted by atomic mass is 10.2. The van der Waals surface area contributed by atoms with Crippen molar-refractivity contribution < 1.29 is 28.9 Å². The number of hydrogen-bond acceptors (Lipinski definition) is 8. The number of methoxy groups -OCH3 is 2. The number of imide groups is 1. The van der Waals surface area contributed by atoms with Gasteiger partial charge in [-0.05, 0) is 43.3 Å². The normalized spacial score (nSPS) is 10.4. The molecule has 0 bridgehead atoms. The number of fused-ring (bicyclic) bond motifs is 1. The molecule has 2 aromatic heterocycles. The van der Waals surface area contributed by atoms with E-state index in [1.165, 1.54) is 26.4 Å². The first-order valence-electron chi connectivity index (χ1n) is 10.7. The van der Waals surface area contributed by atoms with Crippen LogP contribution < -0.4 is 30.2 Å². The zero-order valence-corrected chi connectivity index (χ0v) is 19.7. The van der Waals surface area contributed by atoms with Gasteiger partial charge in [0, 0.05) is 29.4 Å². The average molecular weight is 489 g/mol. The van der Waals surface area contributed by atoms with Crippen LogP contribution in [0.5, 0.6) is 28.7 Å². The zero-order chi connectivity index (χ0) is 25.7. The number of phenolic OH excluding ortho intramolecular Hbond substituents is 1. The third-order valence-corrected chi connectivity index (χ3v) is 5.01. The van der Waals surface area contributed by atoms with Crippen molar-refractivity contribution in [3.05, 3.63) is 66.5 Å². The third kappa shape index (κ3) is 5.53. The van der Waals surface area contributed by atoms with Gasteiger partial charge in [0.2, 0.25) is 0 Å². The highest BCUT2D eigenvalue weighted by Crippen LogP contribution is 2.38. The van der Waals surface area contributed by atoms with Crippen LogP contribution in [0, 0.1) is 6.92 Å². The van der Waals surface area contributed by atoms with Crippen molar-refractivity contribution in [2.24, 2.45) is 0 Å². The number of benzene rings is 2. The molecule has 0 unspecified atom stereocenters. The fraction of sp³-hybridized carbons (Fsp3) is 0.120. The van der Waals surface area contributed by atoms with Crippen LogP contribution in [0.4, 0.5) is 21.1 Å². The number of carbonyl (C=O) groups is 2. The molecule has 2 aromatic carbocycles. The Morgan fingerprint density at radius 1 is 0.889 bits per heavy atom. The van der Waals surface area contributed by atoms with E-state index in [9.17, 15) is 14.7 Å². The minimum atomic E-state index is -0.842. The molecule has 4 amide bonds. The molecule has 36 heavy (non-hydrogen) atoms. The molecule has 0 aliphatic carbocycles. The van der Waals surface area contributed by atoms with Crippen molar-refractivity contribution in [2.45, 2.75) is 6.92 Å². The van der Waals surface area contributed by atoms with Crippen LogP contribution in [-0.4, -0.2) is 41.4 Å². The van der Waals surface area contributed by atoms with E-state index in [4.69, 9.17) is 14.2 Å². The second-order valence-corrected chi connectivity index (χ2v) is 7.51. The van der Waals surface area contributed by atoms with Gasteiger partial charge in [-0.2, -0.15) is 0 Å². The number of aromatic nitrogens is 2. The van der Waals surface area contributed by atoms with Crippen LogP contribution in [0.2, 0.25) is 0 Å². The summed E-state index contributed by atoms with van der Waals surface area (Å²) in [5.74, 6) is 1.86. The van der Waals surface area contributed by atoms with Crippen molar-refractivity contribution in [3.8, 4) is 28.7 Å². The first kappa shape index (κ1) is 24.1. The Hall–Kier alpha value is -5.06. The summed E-state index contributed by atoms with van der Waals surface area (Å²) in [5, 5.41) is 18.0. The molecule has 0 spiro atoms. The summed E-state index contributed by atoms with van der Waals surface area (Å²) < 4.78 is 16.6. The molecule has 0 saturated heterocycles. The number of anilines is 2. The molecule has 184 valence electrons. The lowest BCUT2D eigenvalue weighted by molar-refractivity contribution is 0.240. The van der Waals surface area contributed by atoms with Crippen LogP contribution in [0.3, 0.4) is 0 Å². The highest BCUT2D eigenvalue weighted by Gasteiger charge is 2.14. The van der Waals surface area contributed by atoms with Crippen molar-refractivity contribution in [1.82, 2.24) is 15.3 Å². The summed E-state index contributed by atoms with van der Waals surface area (Å²) in [6.45, 7) is 1.77. The van der Waals surface area contributed by atoms with Crippen LogP contribution >= 0.6 is 0 Å². The van der Waals surface area contributed by atoms with E-state index in [0.29, 0.717) is 45.4 Å². The van der Waals surface area contributed by atoms with E-state index < -0.39 is 12.1 Å². The molecule has 0 fully saturated rings. The standard InChI is InChI=1S/C25H23N5O6/c1-14-5-4-6-23(27-14)29-25(33)30-24(32)28-17-8-7-15(11-19(17)31)36-20-9-10-26-18-13-22(35-3)21(34-2)12-16(18)20/h4-13,31H,1-3H3,(H3,27,28,29,30,32,33). The number of urea groups is 2. The second-order valence-electron chi connectivity index (χ2n) is 7.51. The maximum Gasteiger partial charge on any atom is 0.328 e. The van der Waals surface area contributed by atoms with Crippen molar-refractivity contribution in [1.29, 1.82) is 0 Å².